The maximum absolute atomic E-state index is 14.2. The molecule has 2 N–H and O–H groups in total. The van der Waals surface area contributed by atoms with Gasteiger partial charge in [0.15, 0.2) is 12.1 Å². The van der Waals surface area contributed by atoms with Gasteiger partial charge in [0.1, 0.15) is 23.7 Å². The number of fused-ring (bicyclic) bond motifs is 5. The molecule has 0 aromatic carbocycles. The number of aliphatic imine (C=N–C) groups is 1. The maximum atomic E-state index is 14.2. The van der Waals surface area contributed by atoms with Crippen molar-refractivity contribution in [1.29, 1.82) is 5.26 Å². The maximum Gasteiger partial charge on any atom is 0.316 e. The average Bonchev–Trinajstić information content (AvgIpc) is 3.03. The zero-order valence-corrected chi connectivity index (χ0v) is 31.0. The number of allylic oxidation sites excluding steroid dienone is 1. The van der Waals surface area contributed by atoms with Crippen LogP contribution in [0.25, 0.3) is 0 Å². The number of likely N-dealkylation sites (N-methyl/N-ethyl adjacent to an activating group) is 1. The van der Waals surface area contributed by atoms with Gasteiger partial charge >= 0.3 is 5.97 Å². The molecule has 0 aliphatic carbocycles. The fourth-order valence-corrected chi connectivity index (χ4v) is 7.75. The lowest BCUT2D eigenvalue weighted by molar-refractivity contribution is -0.296. The normalized spacial score (nSPS) is 43.3. The Hall–Kier alpha value is -2.57. The first kappa shape index (κ1) is 40.9. The van der Waals surface area contributed by atoms with E-state index in [1.54, 1.807) is 27.7 Å². The molecule has 2 bridgehead atoms. The van der Waals surface area contributed by atoms with Gasteiger partial charge in [0, 0.05) is 36.6 Å². The Morgan fingerprint density at radius 2 is 1.80 bits per heavy atom. The van der Waals surface area contributed by atoms with Gasteiger partial charge in [0.25, 0.3) is 0 Å². The average molecular weight is 692 g/mol. The van der Waals surface area contributed by atoms with E-state index in [9.17, 15) is 29.9 Å². The number of ketones is 1. The molecular weight excluding hydrogens is 634 g/mol. The molecular formula is C36H57N3O10. The first-order chi connectivity index (χ1) is 22.8. The molecule has 13 atom stereocenters. The number of cyclic esters (lactones) is 1. The fraction of sp³-hybridized carbons (Fsp3) is 0.806. The van der Waals surface area contributed by atoms with Crippen LogP contribution in [0.1, 0.15) is 81.6 Å². The fourth-order valence-electron chi connectivity index (χ4n) is 7.75. The number of aliphatic hydroxyl groups is 2. The van der Waals surface area contributed by atoms with Crippen LogP contribution < -0.4 is 0 Å². The van der Waals surface area contributed by atoms with Crippen LogP contribution >= 0.6 is 0 Å². The van der Waals surface area contributed by atoms with Crippen molar-refractivity contribution in [2.75, 3.05) is 27.3 Å². The molecule has 276 valence electrons. The highest BCUT2D eigenvalue weighted by molar-refractivity contribution is 6.00. The molecule has 5 unspecified atom stereocenters. The lowest BCUT2D eigenvalue weighted by atomic mass is 9.73. The van der Waals surface area contributed by atoms with E-state index < -0.39 is 83.2 Å². The van der Waals surface area contributed by atoms with E-state index in [-0.39, 0.29) is 38.2 Å². The van der Waals surface area contributed by atoms with E-state index >= 15 is 0 Å². The number of hydrogen-bond acceptors (Lipinski definition) is 12. The number of nitrogens with zero attached hydrogens (tertiary/aromatic N) is 3. The molecule has 3 fully saturated rings. The van der Waals surface area contributed by atoms with Gasteiger partial charge in [-0.3, -0.25) is 14.4 Å². The van der Waals surface area contributed by atoms with Crippen molar-refractivity contribution in [3.63, 3.8) is 0 Å². The van der Waals surface area contributed by atoms with Crippen molar-refractivity contribution in [3.05, 3.63) is 11.6 Å². The molecule has 3 aliphatic rings. The van der Waals surface area contributed by atoms with Gasteiger partial charge in [-0.15, -0.1) is 0 Å². The van der Waals surface area contributed by atoms with Crippen LogP contribution in [0.4, 0.5) is 0 Å². The number of hydrogen-bond donors (Lipinski definition) is 2. The minimum absolute atomic E-state index is 0.104. The summed E-state index contributed by atoms with van der Waals surface area (Å²) in [5.41, 5.74) is -2.29. The minimum Gasteiger partial charge on any atom is -0.459 e. The van der Waals surface area contributed by atoms with Crippen molar-refractivity contribution in [2.45, 2.75) is 136 Å². The first-order valence-corrected chi connectivity index (χ1v) is 17.3. The summed E-state index contributed by atoms with van der Waals surface area (Å²) >= 11 is 0. The quantitative estimate of drug-likeness (QED) is 0.251. The zero-order chi connectivity index (χ0) is 37.0. The van der Waals surface area contributed by atoms with Crippen molar-refractivity contribution in [3.8, 4) is 6.07 Å². The molecule has 0 radical (unpaired) electrons. The van der Waals surface area contributed by atoms with Gasteiger partial charge in [-0.1, -0.05) is 27.7 Å². The van der Waals surface area contributed by atoms with Crippen LogP contribution in [-0.2, 0) is 38.1 Å². The predicted octanol–water partition coefficient (Wildman–Crippen LogP) is 3.00. The molecule has 3 heterocycles. The van der Waals surface area contributed by atoms with Gasteiger partial charge in [-0.2, -0.15) is 5.26 Å². The highest BCUT2D eigenvalue weighted by atomic mass is 16.7. The van der Waals surface area contributed by atoms with Gasteiger partial charge in [-0.25, -0.2) is 4.99 Å². The first-order valence-electron chi connectivity index (χ1n) is 17.3. The molecule has 1 amide bonds. The monoisotopic (exact) mass is 691 g/mol. The molecule has 3 aliphatic heterocycles. The van der Waals surface area contributed by atoms with Gasteiger partial charge in [0.05, 0.1) is 43.2 Å². The van der Waals surface area contributed by atoms with Gasteiger partial charge < -0.3 is 38.8 Å². The minimum atomic E-state index is -1.81. The molecule has 0 saturated carbocycles. The number of aliphatic hydroxyl groups excluding tert-OH is 1. The Morgan fingerprint density at radius 3 is 2.37 bits per heavy atom. The Kier molecular flexibility index (Phi) is 13.9. The molecule has 0 spiro atoms. The standard InChI is InChI=1S/C36H57N3O10/c1-12-27-36(9,44)32-21(4)28(38-24(7)40)19(2)16-35(8,46-18-25(13-14-37)17-45-32)31(22(5)29(41)23(6)33(43)48-27)49-34-30(42)26(39(10)11)15-20(3)47-34/h13,19-23,26-27,30-32,34,42,44H,12,15-18H2,1-11H3/b25-13-,38-28?/t19?,20-,21?,22+,23-,26+,27-,30?,31?,32?,34+,35-,36-/m1/s1. The summed E-state index contributed by atoms with van der Waals surface area (Å²) in [6.07, 6.45) is -3.59. The van der Waals surface area contributed by atoms with Crippen molar-refractivity contribution in [2.24, 2.45) is 28.7 Å². The van der Waals surface area contributed by atoms with E-state index in [0.717, 1.165) is 0 Å². The van der Waals surface area contributed by atoms with E-state index in [1.165, 1.54) is 26.8 Å². The summed E-state index contributed by atoms with van der Waals surface area (Å²) in [6, 6.07) is 1.73. The third-order valence-corrected chi connectivity index (χ3v) is 10.4. The largest absolute Gasteiger partial charge is 0.459 e. The second-order valence-corrected chi connectivity index (χ2v) is 14.8. The van der Waals surface area contributed by atoms with E-state index in [1.807, 2.05) is 38.9 Å². The second-order valence-electron chi connectivity index (χ2n) is 14.8. The lowest BCUT2D eigenvalue weighted by Gasteiger charge is -2.47. The van der Waals surface area contributed by atoms with Crippen molar-refractivity contribution in [1.82, 2.24) is 4.90 Å². The van der Waals surface area contributed by atoms with Crippen LogP contribution in [-0.4, -0.2) is 120 Å². The highest BCUT2D eigenvalue weighted by Gasteiger charge is 2.53. The van der Waals surface area contributed by atoms with Crippen LogP contribution in [0, 0.1) is 35.0 Å². The van der Waals surface area contributed by atoms with Crippen molar-refractivity contribution >= 4 is 23.4 Å². The van der Waals surface area contributed by atoms with Crippen molar-refractivity contribution < 1.29 is 48.3 Å². The summed E-state index contributed by atoms with van der Waals surface area (Å²) in [6.45, 7) is 14.8. The Bertz CT molecular complexity index is 1310. The number of carbonyl (C=O) groups is 3. The summed E-state index contributed by atoms with van der Waals surface area (Å²) < 4.78 is 31.8. The molecule has 49 heavy (non-hydrogen) atoms. The third kappa shape index (κ3) is 9.22. The molecule has 0 aromatic heterocycles. The van der Waals surface area contributed by atoms with Crippen LogP contribution in [0.3, 0.4) is 0 Å². The Labute approximate surface area is 290 Å². The number of Topliss-reactive ketones (excluding diaryl/α,β-unsaturated/α-hetero) is 1. The molecule has 3 rings (SSSR count). The molecule has 3 saturated heterocycles. The number of nitriles is 1. The number of carbonyl (C=O) groups excluding carboxylic acids is 3. The van der Waals surface area contributed by atoms with E-state index in [0.29, 0.717) is 17.7 Å². The zero-order valence-electron chi connectivity index (χ0n) is 31.0. The molecule has 13 heteroatoms. The smallest absolute Gasteiger partial charge is 0.316 e. The third-order valence-electron chi connectivity index (χ3n) is 10.4. The van der Waals surface area contributed by atoms with E-state index in [2.05, 4.69) is 4.99 Å². The van der Waals surface area contributed by atoms with E-state index in [4.69, 9.17) is 23.7 Å². The number of ether oxygens (including phenoxy) is 5. The van der Waals surface area contributed by atoms with Gasteiger partial charge in [0.2, 0.25) is 5.91 Å². The van der Waals surface area contributed by atoms with Crippen LogP contribution in [0.5, 0.6) is 0 Å². The number of rotatable bonds is 4. The Morgan fingerprint density at radius 1 is 1.14 bits per heavy atom. The summed E-state index contributed by atoms with van der Waals surface area (Å²) in [7, 11) is 3.72. The SMILES string of the molecule is CC[C@H]1OC(=O)[C@H](C)C(=O)[C@H](C)C(O[C@@H]2O[C@H](C)C[C@H](N(C)C)C2O)[C@@]2(C)CC(C)C(=NC(C)=O)C(C)C(OC/C(=C/C#N)CO2)[C@]1(C)O. The summed E-state index contributed by atoms with van der Waals surface area (Å²) in [5, 5.41) is 33.3. The summed E-state index contributed by atoms with van der Waals surface area (Å²) in [4.78, 5) is 46.8. The lowest BCUT2D eigenvalue weighted by Crippen LogP contribution is -2.60. The highest BCUT2D eigenvalue weighted by Crippen LogP contribution is 2.40. The van der Waals surface area contributed by atoms with Crippen LogP contribution in [0.15, 0.2) is 16.6 Å². The molecule has 13 nitrogen and oxygen atoms in total. The predicted molar refractivity (Wildman–Crippen MR) is 180 cm³/mol. The summed E-state index contributed by atoms with van der Waals surface area (Å²) in [5.74, 6) is -5.19. The number of amides is 1. The second kappa shape index (κ2) is 16.6. The number of esters is 1. The Balaban J connectivity index is 2.34. The van der Waals surface area contributed by atoms with Gasteiger partial charge in [-0.05, 0) is 72.5 Å². The van der Waals surface area contributed by atoms with Crippen LogP contribution in [0.2, 0.25) is 0 Å². The molecule has 0 aromatic rings. The topological polar surface area (TPSA) is 177 Å².